The Hall–Kier alpha value is -3.52. The number of piperazine rings is 1. The van der Waals surface area contributed by atoms with Crippen molar-refractivity contribution < 1.29 is 23.8 Å². The Morgan fingerprint density at radius 1 is 1.09 bits per heavy atom. The topological polar surface area (TPSA) is 92.5 Å². The van der Waals surface area contributed by atoms with Crippen LogP contribution >= 0.6 is 0 Å². The number of amides is 1. The van der Waals surface area contributed by atoms with Crippen molar-refractivity contribution in [3.63, 3.8) is 0 Å². The summed E-state index contributed by atoms with van der Waals surface area (Å²) in [6, 6.07) is 10.3. The van der Waals surface area contributed by atoms with Crippen LogP contribution < -0.4 is 10.2 Å². The minimum atomic E-state index is -0.308. The third kappa shape index (κ3) is 4.27. The van der Waals surface area contributed by atoms with E-state index in [1.807, 2.05) is 0 Å². The van der Waals surface area contributed by atoms with Crippen molar-refractivity contribution in [2.24, 2.45) is 0 Å². The van der Waals surface area contributed by atoms with Gasteiger partial charge in [-0.15, -0.1) is 0 Å². The number of nitrogens with zero attached hydrogens (tertiary/aromatic N) is 2. The fourth-order valence-corrected chi connectivity index (χ4v) is 3.90. The number of phenols is 1. The number of benzene rings is 2. The first-order chi connectivity index (χ1) is 15.5. The minimum Gasteiger partial charge on any atom is -0.507 e. The molecule has 1 saturated heterocycles. The molecule has 3 aromatic rings. The van der Waals surface area contributed by atoms with Gasteiger partial charge in [0, 0.05) is 32.7 Å². The second-order valence-electron chi connectivity index (χ2n) is 7.61. The minimum absolute atomic E-state index is 0.0747. The maximum atomic E-state index is 13.2. The molecule has 0 bridgehead atoms. The summed E-state index contributed by atoms with van der Waals surface area (Å²) >= 11 is 0. The van der Waals surface area contributed by atoms with Crippen molar-refractivity contribution in [2.75, 3.05) is 39.9 Å². The third-order valence-electron chi connectivity index (χ3n) is 5.70. The summed E-state index contributed by atoms with van der Waals surface area (Å²) in [6.07, 6.45) is 1.13. The first-order valence-electron chi connectivity index (χ1n) is 10.6. The zero-order chi connectivity index (χ0) is 22.7. The number of aromatic hydroxyl groups is 1. The van der Waals surface area contributed by atoms with Crippen molar-refractivity contribution in [1.29, 1.82) is 0 Å². The quantitative estimate of drug-likeness (QED) is 0.652. The van der Waals surface area contributed by atoms with Gasteiger partial charge in [-0.25, -0.2) is 4.79 Å². The zero-order valence-corrected chi connectivity index (χ0v) is 18.2. The molecule has 4 rings (SSSR count). The van der Waals surface area contributed by atoms with Crippen molar-refractivity contribution in [2.45, 2.75) is 13.5 Å². The molecular formula is C24H26N2O6. The van der Waals surface area contributed by atoms with Crippen LogP contribution in [0, 0.1) is 0 Å². The van der Waals surface area contributed by atoms with Gasteiger partial charge < -0.3 is 23.9 Å². The second kappa shape index (κ2) is 9.32. The highest BCUT2D eigenvalue weighted by Gasteiger charge is 2.24. The molecule has 1 amide bonds. The first kappa shape index (κ1) is 21.7. The maximum Gasteiger partial charge on any atom is 0.409 e. The zero-order valence-electron chi connectivity index (χ0n) is 18.2. The van der Waals surface area contributed by atoms with Gasteiger partial charge in [0.15, 0.2) is 0 Å². The van der Waals surface area contributed by atoms with Crippen LogP contribution in [0.2, 0.25) is 0 Å². The molecule has 8 heteroatoms. The Morgan fingerprint density at radius 3 is 2.47 bits per heavy atom. The predicted molar refractivity (Wildman–Crippen MR) is 120 cm³/mol. The second-order valence-corrected chi connectivity index (χ2v) is 7.61. The molecule has 1 fully saturated rings. The number of rotatable bonds is 5. The van der Waals surface area contributed by atoms with E-state index in [1.54, 1.807) is 49.3 Å². The Kier molecular flexibility index (Phi) is 6.32. The maximum absolute atomic E-state index is 13.2. The molecule has 0 saturated carbocycles. The highest BCUT2D eigenvalue weighted by atomic mass is 16.6. The molecule has 32 heavy (non-hydrogen) atoms. The number of methoxy groups -OCH3 is 1. The average Bonchev–Trinajstić information content (AvgIpc) is 2.82. The SMILES string of the molecule is CCOC(=O)N1CCN(Cc2c(O)ccc3c(=O)c(-c4ccc(OC)cc4)coc23)CC1. The molecule has 168 valence electrons. The molecule has 8 nitrogen and oxygen atoms in total. The summed E-state index contributed by atoms with van der Waals surface area (Å²) in [5, 5.41) is 10.9. The summed E-state index contributed by atoms with van der Waals surface area (Å²) in [4.78, 5) is 28.9. The summed E-state index contributed by atoms with van der Waals surface area (Å²) < 4.78 is 16.1. The Balaban J connectivity index is 1.59. The Labute approximate surface area is 185 Å². The van der Waals surface area contributed by atoms with E-state index in [0.717, 1.165) is 5.56 Å². The monoisotopic (exact) mass is 438 g/mol. The van der Waals surface area contributed by atoms with Crippen LogP contribution in [0.5, 0.6) is 11.5 Å². The van der Waals surface area contributed by atoms with E-state index in [-0.39, 0.29) is 17.3 Å². The molecule has 0 radical (unpaired) electrons. The lowest BCUT2D eigenvalue weighted by Crippen LogP contribution is -2.48. The summed E-state index contributed by atoms with van der Waals surface area (Å²) in [6.45, 7) is 4.87. The molecule has 1 aliphatic heterocycles. The van der Waals surface area contributed by atoms with Crippen LogP contribution in [-0.4, -0.2) is 60.9 Å². The smallest absolute Gasteiger partial charge is 0.409 e. The van der Waals surface area contributed by atoms with E-state index in [4.69, 9.17) is 13.9 Å². The van der Waals surface area contributed by atoms with Crippen molar-refractivity contribution in [3.05, 3.63) is 58.4 Å². The van der Waals surface area contributed by atoms with Gasteiger partial charge in [-0.3, -0.25) is 9.69 Å². The van der Waals surface area contributed by atoms with Gasteiger partial charge in [-0.1, -0.05) is 12.1 Å². The molecule has 0 spiro atoms. The molecular weight excluding hydrogens is 412 g/mol. The normalized spacial score (nSPS) is 14.5. The van der Waals surface area contributed by atoms with Gasteiger partial charge in [-0.2, -0.15) is 0 Å². The van der Waals surface area contributed by atoms with Gasteiger partial charge >= 0.3 is 6.09 Å². The lowest BCUT2D eigenvalue weighted by Gasteiger charge is -2.34. The number of ether oxygens (including phenoxy) is 2. The lowest BCUT2D eigenvalue weighted by molar-refractivity contribution is 0.0776. The molecule has 1 aromatic heterocycles. The number of fused-ring (bicyclic) bond motifs is 1. The molecule has 0 atom stereocenters. The number of hydrogen-bond acceptors (Lipinski definition) is 7. The molecule has 2 aromatic carbocycles. The number of carbonyl (C=O) groups is 1. The van der Waals surface area contributed by atoms with Crippen LogP contribution in [0.4, 0.5) is 4.79 Å². The lowest BCUT2D eigenvalue weighted by atomic mass is 10.0. The number of carbonyl (C=O) groups excluding carboxylic acids is 1. The van der Waals surface area contributed by atoms with Gasteiger partial charge in [-0.05, 0) is 36.8 Å². The van der Waals surface area contributed by atoms with E-state index >= 15 is 0 Å². The largest absolute Gasteiger partial charge is 0.507 e. The molecule has 0 aliphatic carbocycles. The van der Waals surface area contributed by atoms with Crippen molar-refractivity contribution in [1.82, 2.24) is 9.80 Å². The highest BCUT2D eigenvalue weighted by molar-refractivity contribution is 5.85. The van der Waals surface area contributed by atoms with Crippen molar-refractivity contribution in [3.8, 4) is 22.6 Å². The average molecular weight is 438 g/mol. The molecule has 0 unspecified atom stereocenters. The van der Waals surface area contributed by atoms with Crippen LogP contribution in [0.3, 0.4) is 0 Å². The fraction of sp³-hybridized carbons (Fsp3) is 0.333. The summed E-state index contributed by atoms with van der Waals surface area (Å²) in [5.74, 6) is 0.778. The van der Waals surface area contributed by atoms with Gasteiger partial charge in [0.05, 0.1) is 30.2 Å². The van der Waals surface area contributed by atoms with Gasteiger partial charge in [0.1, 0.15) is 23.3 Å². The Bertz CT molecular complexity index is 1160. The van der Waals surface area contributed by atoms with E-state index in [1.165, 1.54) is 12.3 Å². The third-order valence-corrected chi connectivity index (χ3v) is 5.70. The molecule has 2 heterocycles. The first-order valence-corrected chi connectivity index (χ1v) is 10.6. The summed E-state index contributed by atoms with van der Waals surface area (Å²) in [7, 11) is 1.59. The van der Waals surface area contributed by atoms with Crippen molar-refractivity contribution >= 4 is 17.1 Å². The molecule has 1 aliphatic rings. The number of phenolic OH excluding ortho intramolecular Hbond substituents is 1. The number of hydrogen-bond donors (Lipinski definition) is 1. The standard InChI is InChI=1S/C24H26N2O6/c1-3-31-24(29)26-12-10-25(11-13-26)14-19-21(27)9-8-18-22(28)20(15-32-23(18)19)16-4-6-17(30-2)7-5-16/h4-9,15,27H,3,10-14H2,1-2H3. The molecule has 1 N–H and O–H groups in total. The van der Waals surface area contributed by atoms with Crippen LogP contribution in [0.25, 0.3) is 22.1 Å². The van der Waals surface area contributed by atoms with Gasteiger partial charge in [0.25, 0.3) is 0 Å². The Morgan fingerprint density at radius 2 is 1.81 bits per heavy atom. The van der Waals surface area contributed by atoms with E-state index in [2.05, 4.69) is 4.90 Å². The van der Waals surface area contributed by atoms with E-state index in [0.29, 0.717) is 67.2 Å². The van der Waals surface area contributed by atoms with Crippen LogP contribution in [0.1, 0.15) is 12.5 Å². The van der Waals surface area contributed by atoms with Crippen LogP contribution in [0.15, 0.2) is 51.9 Å². The fourth-order valence-electron chi connectivity index (χ4n) is 3.90. The highest BCUT2D eigenvalue weighted by Crippen LogP contribution is 2.30. The predicted octanol–water partition coefficient (Wildman–Crippen LogP) is 3.45. The van der Waals surface area contributed by atoms with Crippen LogP contribution in [-0.2, 0) is 11.3 Å². The van der Waals surface area contributed by atoms with E-state index in [9.17, 15) is 14.7 Å². The van der Waals surface area contributed by atoms with Gasteiger partial charge in [0.2, 0.25) is 5.43 Å². The summed E-state index contributed by atoms with van der Waals surface area (Å²) in [5.41, 5.74) is 1.95. The van der Waals surface area contributed by atoms with E-state index < -0.39 is 0 Å².